The number of piperidine rings is 1. The van der Waals surface area contributed by atoms with Crippen molar-refractivity contribution in [2.45, 2.75) is 75.4 Å². The molecule has 1 spiro atoms. The van der Waals surface area contributed by atoms with Crippen LogP contribution in [0.25, 0.3) is 0 Å². The number of likely N-dealkylation sites (tertiary alicyclic amines) is 1. The fourth-order valence-electron chi connectivity index (χ4n) is 4.93. The standard InChI is InChI=1S/C18H24F3NO2S/c1-11-10-17(6-7-22(11)13-3-2-4-14(13)23)16-12(5-8-24-17)9-15(25-16)18(19,20)21/h9,11,13-14,23H,2-8,10H2,1H3/t11-,13?,14?,17+/m0/s1. The van der Waals surface area contributed by atoms with E-state index < -0.39 is 16.7 Å². The molecule has 0 amide bonds. The largest absolute Gasteiger partial charge is 0.425 e. The number of halogens is 3. The van der Waals surface area contributed by atoms with Crippen LogP contribution in [-0.4, -0.2) is 41.3 Å². The van der Waals surface area contributed by atoms with E-state index in [0.717, 1.165) is 47.6 Å². The summed E-state index contributed by atoms with van der Waals surface area (Å²) in [5.74, 6) is 0. The van der Waals surface area contributed by atoms with Gasteiger partial charge in [-0.2, -0.15) is 13.2 Å². The predicted molar refractivity (Wildman–Crippen MR) is 89.7 cm³/mol. The number of nitrogens with zero attached hydrogens (tertiary/aromatic N) is 1. The van der Waals surface area contributed by atoms with E-state index in [0.29, 0.717) is 25.9 Å². The Labute approximate surface area is 149 Å². The lowest BCUT2D eigenvalue weighted by molar-refractivity contribution is -0.134. The fourth-order valence-corrected chi connectivity index (χ4v) is 6.19. The number of thiophene rings is 1. The van der Waals surface area contributed by atoms with Gasteiger partial charge in [0.1, 0.15) is 10.5 Å². The fraction of sp³-hybridized carbons (Fsp3) is 0.778. The van der Waals surface area contributed by atoms with E-state index in [-0.39, 0.29) is 18.2 Å². The Morgan fingerprint density at radius 3 is 2.80 bits per heavy atom. The Bertz CT molecular complexity index is 647. The molecule has 1 saturated carbocycles. The number of fused-ring (bicyclic) bond motifs is 2. The summed E-state index contributed by atoms with van der Waals surface area (Å²) in [6.45, 7) is 3.36. The Hall–Kier alpha value is -0.630. The molecule has 1 N–H and O–H groups in total. The van der Waals surface area contributed by atoms with Gasteiger partial charge in [-0.3, -0.25) is 4.90 Å². The molecule has 1 saturated heterocycles. The Morgan fingerprint density at radius 2 is 2.16 bits per heavy atom. The van der Waals surface area contributed by atoms with Gasteiger partial charge in [-0.1, -0.05) is 0 Å². The molecule has 3 aliphatic rings. The lowest BCUT2D eigenvalue weighted by Crippen LogP contribution is -2.55. The molecule has 1 aliphatic carbocycles. The molecule has 0 aromatic carbocycles. The maximum absolute atomic E-state index is 13.1. The van der Waals surface area contributed by atoms with Gasteiger partial charge >= 0.3 is 6.18 Å². The van der Waals surface area contributed by atoms with Crippen molar-refractivity contribution >= 4 is 11.3 Å². The van der Waals surface area contributed by atoms with Crippen LogP contribution in [0.1, 0.15) is 54.3 Å². The summed E-state index contributed by atoms with van der Waals surface area (Å²) in [7, 11) is 0. The first-order chi connectivity index (χ1) is 11.8. The topological polar surface area (TPSA) is 32.7 Å². The smallest absolute Gasteiger partial charge is 0.391 e. The predicted octanol–water partition coefficient (Wildman–Crippen LogP) is 3.93. The summed E-state index contributed by atoms with van der Waals surface area (Å²) in [6, 6.07) is 1.69. The molecule has 3 heterocycles. The monoisotopic (exact) mass is 375 g/mol. The lowest BCUT2D eigenvalue weighted by Gasteiger charge is -2.49. The first kappa shape index (κ1) is 17.8. The Balaban J connectivity index is 1.60. The normalized spacial score (nSPS) is 36.8. The van der Waals surface area contributed by atoms with Crippen molar-refractivity contribution < 1.29 is 23.0 Å². The number of aliphatic hydroxyl groups is 1. The highest BCUT2D eigenvalue weighted by Crippen LogP contribution is 2.50. The van der Waals surface area contributed by atoms with Crippen LogP contribution in [0, 0.1) is 0 Å². The number of hydrogen-bond acceptors (Lipinski definition) is 4. The molecule has 2 fully saturated rings. The van der Waals surface area contributed by atoms with E-state index in [9.17, 15) is 18.3 Å². The summed E-state index contributed by atoms with van der Waals surface area (Å²) in [5.41, 5.74) is 0.228. The highest BCUT2D eigenvalue weighted by atomic mass is 32.1. The number of aliphatic hydroxyl groups excluding tert-OH is 1. The molecule has 3 nitrogen and oxygen atoms in total. The molecular weight excluding hydrogens is 351 g/mol. The highest BCUT2D eigenvalue weighted by molar-refractivity contribution is 7.12. The van der Waals surface area contributed by atoms with Gasteiger partial charge in [-0.15, -0.1) is 11.3 Å². The molecule has 4 atom stereocenters. The van der Waals surface area contributed by atoms with Crippen molar-refractivity contribution in [3.63, 3.8) is 0 Å². The summed E-state index contributed by atoms with van der Waals surface area (Å²) in [4.78, 5) is 2.62. The molecule has 25 heavy (non-hydrogen) atoms. The van der Waals surface area contributed by atoms with Crippen molar-refractivity contribution in [3.8, 4) is 0 Å². The van der Waals surface area contributed by atoms with Gasteiger partial charge in [0, 0.05) is 23.5 Å². The van der Waals surface area contributed by atoms with Gasteiger partial charge in [0.05, 0.1) is 12.7 Å². The zero-order valence-electron chi connectivity index (χ0n) is 14.3. The van der Waals surface area contributed by atoms with E-state index in [1.165, 1.54) is 6.07 Å². The second kappa shape index (κ2) is 6.22. The van der Waals surface area contributed by atoms with Gasteiger partial charge in [0.25, 0.3) is 0 Å². The van der Waals surface area contributed by atoms with Gasteiger partial charge < -0.3 is 9.84 Å². The van der Waals surface area contributed by atoms with Crippen molar-refractivity contribution in [2.24, 2.45) is 0 Å². The van der Waals surface area contributed by atoms with E-state index in [1.54, 1.807) is 0 Å². The minimum atomic E-state index is -4.29. The van der Waals surface area contributed by atoms with Crippen LogP contribution < -0.4 is 0 Å². The van der Waals surface area contributed by atoms with Crippen LogP contribution in [0.2, 0.25) is 0 Å². The molecule has 2 aliphatic heterocycles. The van der Waals surface area contributed by atoms with Crippen molar-refractivity contribution in [1.82, 2.24) is 4.90 Å². The van der Waals surface area contributed by atoms with Crippen LogP contribution in [-0.2, 0) is 22.9 Å². The summed E-state index contributed by atoms with van der Waals surface area (Å²) in [5, 5.41) is 10.2. The number of ether oxygens (including phenoxy) is 1. The van der Waals surface area contributed by atoms with E-state index in [1.807, 2.05) is 0 Å². The van der Waals surface area contributed by atoms with Crippen molar-refractivity contribution in [3.05, 3.63) is 21.4 Å². The van der Waals surface area contributed by atoms with Gasteiger partial charge in [0.2, 0.25) is 0 Å². The minimum absolute atomic E-state index is 0.185. The number of rotatable bonds is 1. The van der Waals surface area contributed by atoms with Gasteiger partial charge in [-0.25, -0.2) is 0 Å². The third-order valence-electron chi connectivity index (χ3n) is 6.09. The summed E-state index contributed by atoms with van der Waals surface area (Å²) < 4.78 is 45.6. The SMILES string of the molecule is C[C@H]1C[C@@]2(CCN1C1CCCC1O)OCCc1cc(C(F)(F)F)sc12. The maximum atomic E-state index is 13.1. The summed E-state index contributed by atoms with van der Waals surface area (Å²) >= 11 is 0.866. The molecule has 4 rings (SSSR count). The number of alkyl halides is 3. The lowest BCUT2D eigenvalue weighted by atomic mass is 9.81. The van der Waals surface area contributed by atoms with Crippen LogP contribution in [0.5, 0.6) is 0 Å². The first-order valence-corrected chi connectivity index (χ1v) is 9.90. The molecule has 1 aromatic heterocycles. The molecule has 7 heteroatoms. The molecule has 2 unspecified atom stereocenters. The Morgan fingerprint density at radius 1 is 1.36 bits per heavy atom. The zero-order chi connectivity index (χ0) is 17.8. The van der Waals surface area contributed by atoms with Gasteiger partial charge in [-0.05, 0) is 57.1 Å². The van der Waals surface area contributed by atoms with E-state index in [2.05, 4.69) is 11.8 Å². The Kier molecular flexibility index (Phi) is 4.42. The molecule has 1 aromatic rings. The second-order valence-corrected chi connectivity index (χ2v) is 8.71. The first-order valence-electron chi connectivity index (χ1n) is 9.08. The minimum Gasteiger partial charge on any atom is -0.391 e. The zero-order valence-corrected chi connectivity index (χ0v) is 15.1. The maximum Gasteiger partial charge on any atom is 0.425 e. The van der Waals surface area contributed by atoms with Crippen LogP contribution in [0.4, 0.5) is 13.2 Å². The average Bonchev–Trinajstić information content (AvgIpc) is 3.15. The van der Waals surface area contributed by atoms with E-state index >= 15 is 0 Å². The molecule has 0 bridgehead atoms. The highest BCUT2D eigenvalue weighted by Gasteiger charge is 2.48. The molecule has 0 radical (unpaired) electrons. The van der Waals surface area contributed by atoms with Crippen LogP contribution >= 0.6 is 11.3 Å². The third kappa shape index (κ3) is 3.03. The van der Waals surface area contributed by atoms with Crippen LogP contribution in [0.15, 0.2) is 6.07 Å². The average molecular weight is 375 g/mol. The quantitative estimate of drug-likeness (QED) is 0.807. The second-order valence-electron chi connectivity index (χ2n) is 7.66. The van der Waals surface area contributed by atoms with Crippen molar-refractivity contribution in [1.29, 1.82) is 0 Å². The third-order valence-corrected chi connectivity index (χ3v) is 7.49. The van der Waals surface area contributed by atoms with Gasteiger partial charge in [0.15, 0.2) is 0 Å². The van der Waals surface area contributed by atoms with Crippen molar-refractivity contribution in [2.75, 3.05) is 13.2 Å². The van der Waals surface area contributed by atoms with Crippen LogP contribution in [0.3, 0.4) is 0 Å². The molecular formula is C18H24F3NO2S. The van der Waals surface area contributed by atoms with E-state index in [4.69, 9.17) is 4.74 Å². The summed E-state index contributed by atoms with van der Waals surface area (Å²) in [6.07, 6.45) is 0.277. The molecule has 140 valence electrons. The number of hydrogen-bond donors (Lipinski definition) is 1.